The number of nitrogens with zero attached hydrogens (tertiary/aromatic N) is 1. The summed E-state index contributed by atoms with van der Waals surface area (Å²) in [6.07, 6.45) is 2.43. The smallest absolute Gasteiger partial charge is 0.0645 e. The molecule has 1 rings (SSSR count). The van der Waals surface area contributed by atoms with E-state index in [0.29, 0.717) is 5.54 Å². The molecule has 0 atom stereocenters. The normalized spacial score (nSPS) is 23.8. The largest absolute Gasteiger partial charge is 0.378 e. The fourth-order valence-corrected chi connectivity index (χ4v) is 2.49. The average Bonchev–Trinajstić information content (AvgIpc) is 2.16. The van der Waals surface area contributed by atoms with Gasteiger partial charge in [0.25, 0.3) is 0 Å². The summed E-state index contributed by atoms with van der Waals surface area (Å²) in [5, 5.41) is 0. The molecule has 84 valence electrons. The van der Waals surface area contributed by atoms with E-state index in [2.05, 4.69) is 39.5 Å². The number of rotatable bonds is 3. The maximum atomic E-state index is 5.56. The van der Waals surface area contributed by atoms with Crippen molar-refractivity contribution in [1.29, 1.82) is 0 Å². The summed E-state index contributed by atoms with van der Waals surface area (Å²) < 4.78 is 5.56. The van der Waals surface area contributed by atoms with Gasteiger partial charge in [0.15, 0.2) is 0 Å². The lowest BCUT2D eigenvalue weighted by Crippen LogP contribution is -2.62. The van der Waals surface area contributed by atoms with E-state index >= 15 is 0 Å². The minimum atomic E-state index is 0.193. The molecule has 0 aliphatic carbocycles. The van der Waals surface area contributed by atoms with E-state index in [4.69, 9.17) is 4.74 Å². The van der Waals surface area contributed by atoms with E-state index in [-0.39, 0.29) is 5.54 Å². The number of hydrogen-bond donors (Lipinski definition) is 0. The number of hydrogen-bond acceptors (Lipinski definition) is 2. The van der Waals surface area contributed by atoms with Crippen LogP contribution in [0.2, 0.25) is 0 Å². The van der Waals surface area contributed by atoms with E-state index < -0.39 is 0 Å². The summed E-state index contributed by atoms with van der Waals surface area (Å²) in [7, 11) is 0. The molecule has 1 fully saturated rings. The predicted molar refractivity (Wildman–Crippen MR) is 60.6 cm³/mol. The maximum absolute atomic E-state index is 5.56. The summed E-state index contributed by atoms with van der Waals surface area (Å²) in [4.78, 5) is 2.63. The first-order chi connectivity index (χ1) is 6.46. The van der Waals surface area contributed by atoms with Crippen molar-refractivity contribution in [2.24, 2.45) is 0 Å². The van der Waals surface area contributed by atoms with Gasteiger partial charge in [0, 0.05) is 17.6 Å². The topological polar surface area (TPSA) is 12.5 Å². The molecule has 2 nitrogen and oxygen atoms in total. The van der Waals surface area contributed by atoms with Crippen LogP contribution >= 0.6 is 0 Å². The van der Waals surface area contributed by atoms with Gasteiger partial charge in [-0.2, -0.15) is 0 Å². The first-order valence-electron chi connectivity index (χ1n) is 5.82. The zero-order chi connectivity index (χ0) is 10.8. The Kier molecular flexibility index (Phi) is 3.59. The second-order valence-electron chi connectivity index (χ2n) is 5.22. The fraction of sp³-hybridized carbons (Fsp3) is 1.00. The molecule has 0 aromatic rings. The van der Waals surface area contributed by atoms with Crippen LogP contribution in [0, 0.1) is 0 Å². The first-order valence-corrected chi connectivity index (χ1v) is 5.82. The van der Waals surface area contributed by atoms with Gasteiger partial charge in [0.1, 0.15) is 0 Å². The maximum Gasteiger partial charge on any atom is 0.0645 e. The molecule has 1 aliphatic rings. The quantitative estimate of drug-likeness (QED) is 0.693. The Morgan fingerprint density at radius 2 is 1.86 bits per heavy atom. The van der Waals surface area contributed by atoms with Crippen molar-refractivity contribution in [2.75, 3.05) is 19.8 Å². The van der Waals surface area contributed by atoms with Gasteiger partial charge in [-0.3, -0.25) is 4.90 Å². The summed E-state index contributed by atoms with van der Waals surface area (Å²) in [6, 6.07) is 0. The molecule has 0 unspecified atom stereocenters. The van der Waals surface area contributed by atoms with Gasteiger partial charge < -0.3 is 4.74 Å². The molecule has 1 saturated heterocycles. The van der Waals surface area contributed by atoms with Crippen LogP contribution in [-0.2, 0) is 4.74 Å². The Labute approximate surface area is 88.6 Å². The molecule has 0 N–H and O–H groups in total. The van der Waals surface area contributed by atoms with Crippen molar-refractivity contribution in [3.8, 4) is 0 Å². The summed E-state index contributed by atoms with van der Waals surface area (Å²) in [6.45, 7) is 14.3. The number of ether oxygens (including phenoxy) is 1. The molecule has 0 bridgehead atoms. The van der Waals surface area contributed by atoms with Gasteiger partial charge in [-0.25, -0.2) is 0 Å². The van der Waals surface area contributed by atoms with Crippen LogP contribution in [0.15, 0.2) is 0 Å². The van der Waals surface area contributed by atoms with Gasteiger partial charge in [0.2, 0.25) is 0 Å². The standard InChI is InChI=1S/C12H25NO/c1-6-12(5,7-2)13-8-9-14-10-11(13,3)4/h6-10H2,1-5H3. The Morgan fingerprint density at radius 3 is 2.29 bits per heavy atom. The van der Waals surface area contributed by atoms with Gasteiger partial charge >= 0.3 is 0 Å². The van der Waals surface area contributed by atoms with Gasteiger partial charge in [-0.1, -0.05) is 13.8 Å². The average molecular weight is 199 g/mol. The van der Waals surface area contributed by atoms with Crippen LogP contribution < -0.4 is 0 Å². The predicted octanol–water partition coefficient (Wildman–Crippen LogP) is 2.68. The second kappa shape index (κ2) is 4.19. The third-order valence-corrected chi connectivity index (χ3v) is 3.82. The highest BCUT2D eigenvalue weighted by Gasteiger charge is 2.40. The molecule has 0 aromatic heterocycles. The molecule has 0 spiro atoms. The molecule has 0 amide bonds. The second-order valence-corrected chi connectivity index (χ2v) is 5.22. The molecule has 14 heavy (non-hydrogen) atoms. The van der Waals surface area contributed by atoms with E-state index in [1.807, 2.05) is 0 Å². The van der Waals surface area contributed by atoms with E-state index in [0.717, 1.165) is 19.8 Å². The Balaban J connectivity index is 2.82. The number of morpholine rings is 1. The summed E-state index contributed by atoms with van der Waals surface area (Å²) in [5.74, 6) is 0. The summed E-state index contributed by atoms with van der Waals surface area (Å²) >= 11 is 0. The Bertz CT molecular complexity index is 185. The van der Waals surface area contributed by atoms with Crippen LogP contribution in [0.1, 0.15) is 47.5 Å². The minimum absolute atomic E-state index is 0.193. The molecule has 1 heterocycles. The van der Waals surface area contributed by atoms with Crippen LogP contribution in [0.25, 0.3) is 0 Å². The molecule has 1 aliphatic heterocycles. The van der Waals surface area contributed by atoms with Crippen LogP contribution in [-0.4, -0.2) is 35.7 Å². The van der Waals surface area contributed by atoms with E-state index in [1.165, 1.54) is 12.8 Å². The highest BCUT2D eigenvalue weighted by molar-refractivity contribution is 4.95. The third kappa shape index (κ3) is 2.12. The lowest BCUT2D eigenvalue weighted by molar-refractivity contribution is -0.103. The van der Waals surface area contributed by atoms with E-state index in [9.17, 15) is 0 Å². The van der Waals surface area contributed by atoms with Crippen molar-refractivity contribution >= 4 is 0 Å². The van der Waals surface area contributed by atoms with Crippen LogP contribution in [0.5, 0.6) is 0 Å². The Morgan fingerprint density at radius 1 is 1.29 bits per heavy atom. The highest BCUT2D eigenvalue weighted by atomic mass is 16.5. The highest BCUT2D eigenvalue weighted by Crippen LogP contribution is 2.32. The molecule has 0 radical (unpaired) electrons. The fourth-order valence-electron chi connectivity index (χ4n) is 2.49. The van der Waals surface area contributed by atoms with Crippen molar-refractivity contribution in [3.05, 3.63) is 0 Å². The van der Waals surface area contributed by atoms with Gasteiger partial charge in [-0.15, -0.1) is 0 Å². The molecule has 2 heteroatoms. The summed E-state index contributed by atoms with van der Waals surface area (Å²) in [5.41, 5.74) is 0.534. The van der Waals surface area contributed by atoms with Crippen LogP contribution in [0.3, 0.4) is 0 Å². The SMILES string of the molecule is CCC(C)(CC)N1CCOCC1(C)C. The van der Waals surface area contributed by atoms with Crippen LogP contribution in [0.4, 0.5) is 0 Å². The first kappa shape index (κ1) is 12.0. The third-order valence-electron chi connectivity index (χ3n) is 3.82. The van der Waals surface area contributed by atoms with Gasteiger partial charge in [-0.05, 0) is 33.6 Å². The monoisotopic (exact) mass is 199 g/mol. The molecular weight excluding hydrogens is 174 g/mol. The lowest BCUT2D eigenvalue weighted by Gasteiger charge is -2.52. The zero-order valence-corrected chi connectivity index (χ0v) is 10.4. The molecular formula is C12H25NO. The van der Waals surface area contributed by atoms with Crippen molar-refractivity contribution in [1.82, 2.24) is 4.90 Å². The van der Waals surface area contributed by atoms with Gasteiger partial charge in [0.05, 0.1) is 13.2 Å². The Hall–Kier alpha value is -0.0800. The molecule has 0 saturated carbocycles. The van der Waals surface area contributed by atoms with Crippen molar-refractivity contribution in [2.45, 2.75) is 58.5 Å². The van der Waals surface area contributed by atoms with Crippen molar-refractivity contribution < 1.29 is 4.74 Å². The lowest BCUT2D eigenvalue weighted by atomic mass is 9.87. The van der Waals surface area contributed by atoms with Crippen molar-refractivity contribution in [3.63, 3.8) is 0 Å². The molecule has 0 aromatic carbocycles. The minimum Gasteiger partial charge on any atom is -0.378 e. The zero-order valence-electron chi connectivity index (χ0n) is 10.4. The van der Waals surface area contributed by atoms with E-state index in [1.54, 1.807) is 0 Å².